The summed E-state index contributed by atoms with van der Waals surface area (Å²) in [5.41, 5.74) is 3.12. The SMILES string of the molecule is CC(C)(C)c1ccc(Nc2ccc3cc(S(C)(=O)=O)ccc3n2)cc1. The van der Waals surface area contributed by atoms with Crippen molar-refractivity contribution in [3.05, 3.63) is 60.2 Å². The summed E-state index contributed by atoms with van der Waals surface area (Å²) in [7, 11) is -3.21. The molecular weight excluding hydrogens is 332 g/mol. The Morgan fingerprint density at radius 2 is 1.60 bits per heavy atom. The number of hydrogen-bond acceptors (Lipinski definition) is 4. The Labute approximate surface area is 148 Å². The fourth-order valence-electron chi connectivity index (χ4n) is 2.61. The van der Waals surface area contributed by atoms with Crippen LogP contribution in [-0.4, -0.2) is 19.7 Å². The van der Waals surface area contributed by atoms with Gasteiger partial charge in [0.05, 0.1) is 10.4 Å². The lowest BCUT2D eigenvalue weighted by molar-refractivity contribution is 0.590. The summed E-state index contributed by atoms with van der Waals surface area (Å²) in [6.07, 6.45) is 1.21. The number of rotatable bonds is 3. The number of benzene rings is 2. The van der Waals surface area contributed by atoms with E-state index in [2.05, 4.69) is 43.2 Å². The quantitative estimate of drug-likeness (QED) is 0.742. The molecule has 1 heterocycles. The van der Waals surface area contributed by atoms with Gasteiger partial charge in [0.2, 0.25) is 0 Å². The van der Waals surface area contributed by atoms with Gasteiger partial charge in [0.15, 0.2) is 9.84 Å². The van der Waals surface area contributed by atoms with Crippen LogP contribution >= 0.6 is 0 Å². The van der Waals surface area contributed by atoms with Crippen molar-refractivity contribution in [1.82, 2.24) is 4.98 Å². The van der Waals surface area contributed by atoms with Crippen LogP contribution in [0.2, 0.25) is 0 Å². The van der Waals surface area contributed by atoms with Gasteiger partial charge in [-0.2, -0.15) is 0 Å². The third kappa shape index (κ3) is 3.99. The van der Waals surface area contributed by atoms with E-state index in [0.717, 1.165) is 22.4 Å². The molecule has 1 aromatic heterocycles. The van der Waals surface area contributed by atoms with Gasteiger partial charge >= 0.3 is 0 Å². The highest BCUT2D eigenvalue weighted by Gasteiger charge is 2.13. The van der Waals surface area contributed by atoms with Crippen LogP contribution in [0.1, 0.15) is 26.3 Å². The van der Waals surface area contributed by atoms with Crippen molar-refractivity contribution in [2.24, 2.45) is 0 Å². The minimum atomic E-state index is -3.21. The number of pyridine rings is 1. The van der Waals surface area contributed by atoms with Crippen molar-refractivity contribution >= 4 is 32.2 Å². The fourth-order valence-corrected chi connectivity index (χ4v) is 3.26. The molecule has 3 rings (SSSR count). The van der Waals surface area contributed by atoms with E-state index in [9.17, 15) is 8.42 Å². The molecule has 0 spiro atoms. The topological polar surface area (TPSA) is 59.1 Å². The van der Waals surface area contributed by atoms with Crippen molar-refractivity contribution in [2.45, 2.75) is 31.1 Å². The van der Waals surface area contributed by atoms with E-state index >= 15 is 0 Å². The Morgan fingerprint density at radius 1 is 0.920 bits per heavy atom. The van der Waals surface area contributed by atoms with E-state index in [1.165, 1.54) is 11.8 Å². The zero-order valence-corrected chi connectivity index (χ0v) is 15.7. The van der Waals surface area contributed by atoms with Gasteiger partial charge in [-0.15, -0.1) is 0 Å². The van der Waals surface area contributed by atoms with Gasteiger partial charge < -0.3 is 5.32 Å². The molecule has 4 nitrogen and oxygen atoms in total. The van der Waals surface area contributed by atoms with Crippen molar-refractivity contribution in [2.75, 3.05) is 11.6 Å². The molecular formula is C20H22N2O2S. The maximum atomic E-state index is 11.6. The molecule has 0 aliphatic heterocycles. The Bertz CT molecular complexity index is 1020. The second-order valence-corrected chi connectivity index (χ2v) is 9.29. The van der Waals surface area contributed by atoms with Crippen molar-refractivity contribution in [3.63, 3.8) is 0 Å². The summed E-state index contributed by atoms with van der Waals surface area (Å²) < 4.78 is 23.3. The lowest BCUT2D eigenvalue weighted by Gasteiger charge is -2.19. The summed E-state index contributed by atoms with van der Waals surface area (Å²) in [6, 6.07) is 17.0. The first kappa shape index (κ1) is 17.4. The van der Waals surface area contributed by atoms with Gasteiger partial charge in [0, 0.05) is 17.3 Å². The number of nitrogens with one attached hydrogen (secondary N) is 1. The number of fused-ring (bicyclic) bond motifs is 1. The van der Waals surface area contributed by atoms with Crippen LogP contribution in [0.25, 0.3) is 10.9 Å². The molecule has 0 saturated heterocycles. The second-order valence-electron chi connectivity index (χ2n) is 7.28. The predicted octanol–water partition coefficient (Wildman–Crippen LogP) is 4.68. The van der Waals surface area contributed by atoms with Gasteiger partial charge in [0.1, 0.15) is 5.82 Å². The number of nitrogens with zero attached hydrogens (tertiary/aromatic N) is 1. The van der Waals surface area contributed by atoms with Crippen LogP contribution in [0.15, 0.2) is 59.5 Å². The Balaban J connectivity index is 1.87. The number of aromatic nitrogens is 1. The fraction of sp³-hybridized carbons (Fsp3) is 0.250. The van der Waals surface area contributed by atoms with Gasteiger partial charge in [0.25, 0.3) is 0 Å². The van der Waals surface area contributed by atoms with Gasteiger partial charge in [-0.25, -0.2) is 13.4 Å². The first-order chi connectivity index (χ1) is 11.6. The van der Waals surface area contributed by atoms with Crippen LogP contribution < -0.4 is 5.32 Å². The van der Waals surface area contributed by atoms with Gasteiger partial charge in [-0.1, -0.05) is 32.9 Å². The van der Waals surface area contributed by atoms with E-state index < -0.39 is 9.84 Å². The maximum Gasteiger partial charge on any atom is 0.175 e. The molecule has 0 bridgehead atoms. The molecule has 25 heavy (non-hydrogen) atoms. The standard InChI is InChI=1S/C20H22N2O2S/c1-20(2,3)15-6-8-16(9-7-15)21-19-12-5-14-13-17(25(4,23)24)10-11-18(14)22-19/h5-13H,1-4H3,(H,21,22). The lowest BCUT2D eigenvalue weighted by atomic mass is 9.87. The molecule has 0 aliphatic carbocycles. The predicted molar refractivity (Wildman–Crippen MR) is 103 cm³/mol. The minimum Gasteiger partial charge on any atom is -0.340 e. The summed E-state index contributed by atoms with van der Waals surface area (Å²) in [5.74, 6) is 0.725. The van der Waals surface area contributed by atoms with Crippen LogP contribution in [0.4, 0.5) is 11.5 Å². The zero-order valence-electron chi connectivity index (χ0n) is 14.9. The van der Waals surface area contributed by atoms with E-state index in [-0.39, 0.29) is 5.41 Å². The minimum absolute atomic E-state index is 0.122. The van der Waals surface area contributed by atoms with E-state index in [4.69, 9.17) is 0 Å². The molecule has 0 saturated carbocycles. The maximum absolute atomic E-state index is 11.6. The first-order valence-corrected chi connectivity index (χ1v) is 10.0. The summed E-state index contributed by atoms with van der Waals surface area (Å²) in [6.45, 7) is 6.56. The number of anilines is 2. The van der Waals surface area contributed by atoms with Crippen molar-refractivity contribution < 1.29 is 8.42 Å². The Kier molecular flexibility index (Phi) is 4.29. The molecule has 2 aromatic carbocycles. The summed E-state index contributed by atoms with van der Waals surface area (Å²) >= 11 is 0. The average Bonchev–Trinajstić information content (AvgIpc) is 2.53. The van der Waals surface area contributed by atoms with E-state index in [1.54, 1.807) is 18.2 Å². The third-order valence-corrected chi connectivity index (χ3v) is 5.22. The average molecular weight is 354 g/mol. The normalized spacial score (nSPS) is 12.3. The highest BCUT2D eigenvalue weighted by atomic mass is 32.2. The molecule has 0 fully saturated rings. The zero-order chi connectivity index (χ0) is 18.2. The second kappa shape index (κ2) is 6.15. The Hall–Kier alpha value is -2.40. The molecule has 0 atom stereocenters. The van der Waals surface area contributed by atoms with Crippen LogP contribution in [0, 0.1) is 0 Å². The van der Waals surface area contributed by atoms with Gasteiger partial charge in [-0.3, -0.25) is 0 Å². The van der Waals surface area contributed by atoms with Crippen molar-refractivity contribution in [1.29, 1.82) is 0 Å². The highest BCUT2D eigenvalue weighted by molar-refractivity contribution is 7.90. The molecule has 0 amide bonds. The molecule has 3 aromatic rings. The summed E-state index contributed by atoms with van der Waals surface area (Å²) in [4.78, 5) is 4.86. The molecule has 5 heteroatoms. The van der Waals surface area contributed by atoms with Crippen LogP contribution in [0.3, 0.4) is 0 Å². The summed E-state index contributed by atoms with van der Waals surface area (Å²) in [5, 5.41) is 4.09. The largest absolute Gasteiger partial charge is 0.340 e. The van der Waals surface area contributed by atoms with Gasteiger partial charge in [-0.05, 0) is 53.4 Å². The first-order valence-electron chi connectivity index (χ1n) is 8.11. The molecule has 0 radical (unpaired) electrons. The molecule has 0 aliphatic rings. The smallest absolute Gasteiger partial charge is 0.175 e. The number of sulfone groups is 1. The molecule has 0 unspecified atom stereocenters. The molecule has 1 N–H and O–H groups in total. The van der Waals surface area contributed by atoms with E-state index in [0.29, 0.717) is 4.90 Å². The third-order valence-electron chi connectivity index (χ3n) is 4.11. The highest BCUT2D eigenvalue weighted by Crippen LogP contribution is 2.25. The number of hydrogen-bond donors (Lipinski definition) is 1. The monoisotopic (exact) mass is 354 g/mol. The van der Waals surface area contributed by atoms with Crippen molar-refractivity contribution in [3.8, 4) is 0 Å². The van der Waals surface area contributed by atoms with Crippen LogP contribution in [0.5, 0.6) is 0 Å². The molecule has 130 valence electrons. The lowest BCUT2D eigenvalue weighted by Crippen LogP contribution is -2.10. The van der Waals surface area contributed by atoms with Crippen LogP contribution in [-0.2, 0) is 15.3 Å². The van der Waals surface area contributed by atoms with E-state index in [1.807, 2.05) is 24.3 Å². The Morgan fingerprint density at radius 3 is 2.20 bits per heavy atom.